The molecule has 0 saturated carbocycles. The summed E-state index contributed by atoms with van der Waals surface area (Å²) in [4.78, 5) is 23.8. The Morgan fingerprint density at radius 3 is 2.82 bits per heavy atom. The predicted molar refractivity (Wildman–Crippen MR) is 58.5 cm³/mol. The van der Waals surface area contributed by atoms with Crippen LogP contribution in [0.4, 0.5) is 0 Å². The van der Waals surface area contributed by atoms with Crippen molar-refractivity contribution < 1.29 is 24.5 Å². The Kier molecular flexibility index (Phi) is 5.33. The molecule has 1 aliphatic heterocycles. The summed E-state index contributed by atoms with van der Waals surface area (Å²) >= 11 is 0. The Hall–Kier alpha value is -1.18. The lowest BCUT2D eigenvalue weighted by Gasteiger charge is -2.21. The van der Waals surface area contributed by atoms with Crippen molar-refractivity contribution in [3.05, 3.63) is 0 Å². The fourth-order valence-corrected chi connectivity index (χ4v) is 1.79. The second-order valence-electron chi connectivity index (χ2n) is 3.96. The minimum Gasteiger partial charge on any atom is -0.480 e. The Morgan fingerprint density at radius 1 is 1.53 bits per heavy atom. The van der Waals surface area contributed by atoms with Gasteiger partial charge in [-0.15, -0.1) is 0 Å². The van der Waals surface area contributed by atoms with Gasteiger partial charge in [-0.2, -0.15) is 0 Å². The van der Waals surface area contributed by atoms with E-state index in [2.05, 4.69) is 5.32 Å². The highest BCUT2D eigenvalue weighted by Gasteiger charge is 2.38. The number of carbonyl (C=O) groups is 2. The van der Waals surface area contributed by atoms with E-state index in [1.807, 2.05) is 0 Å². The number of nitrogens with one attached hydrogen (secondary N) is 1. The molecule has 0 bridgehead atoms. The van der Waals surface area contributed by atoms with Gasteiger partial charge in [0.05, 0.1) is 19.3 Å². The van der Waals surface area contributed by atoms with E-state index < -0.39 is 18.1 Å². The molecule has 0 aromatic carbocycles. The van der Waals surface area contributed by atoms with Crippen LogP contribution in [0.1, 0.15) is 6.42 Å². The van der Waals surface area contributed by atoms with Crippen LogP contribution in [-0.4, -0.2) is 72.5 Å². The molecule has 0 spiro atoms. The Labute approximate surface area is 99.4 Å². The number of likely N-dealkylation sites (tertiary alicyclic amines) is 1. The monoisotopic (exact) mass is 246 g/mol. The Balaban J connectivity index is 2.41. The quantitative estimate of drug-likeness (QED) is 0.482. The third-order valence-corrected chi connectivity index (χ3v) is 2.64. The number of hydrogen-bond acceptors (Lipinski definition) is 5. The number of hydrogen-bond donors (Lipinski definition) is 3. The molecule has 0 unspecified atom stereocenters. The van der Waals surface area contributed by atoms with E-state index in [4.69, 9.17) is 9.84 Å². The van der Waals surface area contributed by atoms with Crippen molar-refractivity contribution in [1.29, 1.82) is 0 Å². The molecule has 1 fully saturated rings. The number of rotatable bonds is 6. The first-order chi connectivity index (χ1) is 8.06. The normalized spacial score (nSPS) is 24.0. The summed E-state index contributed by atoms with van der Waals surface area (Å²) in [5.74, 6) is -1.39. The molecule has 1 rings (SSSR count). The molecule has 1 aliphatic rings. The SMILES string of the molecule is COCCNCC(=O)N1C[C@H](O)C[C@H]1C(=O)O. The molecule has 17 heavy (non-hydrogen) atoms. The van der Waals surface area contributed by atoms with Gasteiger partial charge in [0, 0.05) is 26.6 Å². The van der Waals surface area contributed by atoms with Crippen LogP contribution in [0.2, 0.25) is 0 Å². The lowest BCUT2D eigenvalue weighted by atomic mass is 10.2. The molecule has 0 radical (unpaired) electrons. The summed E-state index contributed by atoms with van der Waals surface area (Å²) in [5, 5.41) is 21.1. The summed E-state index contributed by atoms with van der Waals surface area (Å²) < 4.78 is 4.80. The standard InChI is InChI=1S/C10H18N2O5/c1-17-3-2-11-5-9(14)12-6-7(13)4-8(12)10(15)16/h7-8,11,13H,2-6H2,1H3,(H,15,16)/t7-,8+/m1/s1. The largest absolute Gasteiger partial charge is 0.480 e. The molecule has 98 valence electrons. The van der Waals surface area contributed by atoms with E-state index in [-0.39, 0.29) is 25.4 Å². The number of aliphatic hydroxyl groups is 1. The minimum atomic E-state index is -1.08. The van der Waals surface area contributed by atoms with Crippen molar-refractivity contribution >= 4 is 11.9 Å². The number of aliphatic carboxylic acids is 1. The van der Waals surface area contributed by atoms with E-state index in [9.17, 15) is 14.7 Å². The zero-order chi connectivity index (χ0) is 12.8. The first kappa shape index (κ1) is 13.9. The first-order valence-electron chi connectivity index (χ1n) is 5.46. The third-order valence-electron chi connectivity index (χ3n) is 2.64. The van der Waals surface area contributed by atoms with Gasteiger partial charge in [-0.05, 0) is 0 Å². The number of carboxylic acid groups (broad SMARTS) is 1. The third kappa shape index (κ3) is 3.95. The molecule has 2 atom stereocenters. The van der Waals surface area contributed by atoms with Crippen molar-refractivity contribution in [3.63, 3.8) is 0 Å². The highest BCUT2D eigenvalue weighted by molar-refractivity contribution is 5.85. The van der Waals surface area contributed by atoms with Crippen molar-refractivity contribution in [1.82, 2.24) is 10.2 Å². The van der Waals surface area contributed by atoms with E-state index in [1.54, 1.807) is 7.11 Å². The van der Waals surface area contributed by atoms with Gasteiger partial charge in [-0.1, -0.05) is 0 Å². The molecule has 7 nitrogen and oxygen atoms in total. The zero-order valence-corrected chi connectivity index (χ0v) is 9.76. The van der Waals surface area contributed by atoms with Gasteiger partial charge in [0.25, 0.3) is 0 Å². The fraction of sp³-hybridized carbons (Fsp3) is 0.800. The zero-order valence-electron chi connectivity index (χ0n) is 9.76. The predicted octanol–water partition coefficient (Wildman–Crippen LogP) is -1.73. The van der Waals surface area contributed by atoms with E-state index in [0.717, 1.165) is 0 Å². The lowest BCUT2D eigenvalue weighted by molar-refractivity contribution is -0.147. The highest BCUT2D eigenvalue weighted by atomic mass is 16.5. The van der Waals surface area contributed by atoms with Gasteiger partial charge in [0.1, 0.15) is 6.04 Å². The summed E-state index contributed by atoms with van der Waals surface area (Å²) in [7, 11) is 1.56. The second kappa shape index (κ2) is 6.53. The molecule has 1 heterocycles. The smallest absolute Gasteiger partial charge is 0.326 e. The summed E-state index contributed by atoms with van der Waals surface area (Å²) in [6.45, 7) is 1.15. The van der Waals surface area contributed by atoms with Gasteiger partial charge in [0.15, 0.2) is 0 Å². The Morgan fingerprint density at radius 2 is 2.24 bits per heavy atom. The second-order valence-corrected chi connectivity index (χ2v) is 3.96. The van der Waals surface area contributed by atoms with Gasteiger partial charge < -0.3 is 25.2 Å². The summed E-state index contributed by atoms with van der Waals surface area (Å²) in [6.07, 6.45) is -0.655. The van der Waals surface area contributed by atoms with Crippen LogP contribution in [0.5, 0.6) is 0 Å². The van der Waals surface area contributed by atoms with Gasteiger partial charge in [-0.3, -0.25) is 4.79 Å². The lowest BCUT2D eigenvalue weighted by Crippen LogP contribution is -2.45. The van der Waals surface area contributed by atoms with E-state index >= 15 is 0 Å². The molecular weight excluding hydrogens is 228 g/mol. The number of nitrogens with zero attached hydrogens (tertiary/aromatic N) is 1. The van der Waals surface area contributed by atoms with Gasteiger partial charge >= 0.3 is 5.97 Å². The van der Waals surface area contributed by atoms with Gasteiger partial charge in [-0.25, -0.2) is 4.79 Å². The first-order valence-corrected chi connectivity index (χ1v) is 5.46. The van der Waals surface area contributed by atoms with E-state index in [1.165, 1.54) is 4.90 Å². The fourth-order valence-electron chi connectivity index (χ4n) is 1.79. The molecule has 0 aromatic rings. The maximum absolute atomic E-state index is 11.7. The summed E-state index contributed by atoms with van der Waals surface area (Å²) in [6, 6.07) is -0.915. The number of methoxy groups -OCH3 is 1. The van der Waals surface area contributed by atoms with Gasteiger partial charge in [0.2, 0.25) is 5.91 Å². The summed E-state index contributed by atoms with van der Waals surface area (Å²) in [5.41, 5.74) is 0. The van der Waals surface area contributed by atoms with Crippen LogP contribution in [0.3, 0.4) is 0 Å². The molecule has 0 aromatic heterocycles. The van der Waals surface area contributed by atoms with Crippen molar-refractivity contribution in [2.24, 2.45) is 0 Å². The van der Waals surface area contributed by atoms with Crippen LogP contribution in [0.25, 0.3) is 0 Å². The topological polar surface area (TPSA) is 99.1 Å². The number of carbonyl (C=O) groups excluding carboxylic acids is 1. The maximum atomic E-state index is 11.7. The van der Waals surface area contributed by atoms with Crippen LogP contribution in [-0.2, 0) is 14.3 Å². The molecule has 7 heteroatoms. The number of β-amino-alcohol motifs (C(OH)–C–C–N with tert-alkyl or cyclic N) is 1. The van der Waals surface area contributed by atoms with Crippen molar-refractivity contribution in [2.45, 2.75) is 18.6 Å². The number of ether oxygens (including phenoxy) is 1. The number of aliphatic hydroxyl groups excluding tert-OH is 1. The number of amides is 1. The molecule has 1 saturated heterocycles. The minimum absolute atomic E-state index is 0.0554. The average molecular weight is 246 g/mol. The Bertz CT molecular complexity index is 284. The molecule has 0 aliphatic carbocycles. The van der Waals surface area contributed by atoms with Crippen molar-refractivity contribution in [2.75, 3.05) is 33.4 Å². The van der Waals surface area contributed by atoms with Crippen LogP contribution >= 0.6 is 0 Å². The van der Waals surface area contributed by atoms with Crippen LogP contribution in [0, 0.1) is 0 Å². The molecule has 3 N–H and O–H groups in total. The highest BCUT2D eigenvalue weighted by Crippen LogP contribution is 2.17. The van der Waals surface area contributed by atoms with Crippen LogP contribution in [0.15, 0.2) is 0 Å². The maximum Gasteiger partial charge on any atom is 0.326 e. The molecule has 1 amide bonds. The molecular formula is C10H18N2O5. The number of carboxylic acids is 1. The van der Waals surface area contributed by atoms with E-state index in [0.29, 0.717) is 13.2 Å². The van der Waals surface area contributed by atoms with Crippen LogP contribution < -0.4 is 5.32 Å². The van der Waals surface area contributed by atoms with Crippen molar-refractivity contribution in [3.8, 4) is 0 Å². The average Bonchev–Trinajstić information content (AvgIpc) is 2.66.